The first kappa shape index (κ1) is 89.3. The highest BCUT2D eigenvalue weighted by Gasteiger charge is 2.70. The summed E-state index contributed by atoms with van der Waals surface area (Å²) < 4.78 is 198. The molecule has 35 heteroatoms. The SMILES string of the molecule is C.C.C.C.C[N+]1=CC(c2ccc(CN3C(=O)C(O)(C(F)(F)F)c4ccccc43)cn2)C=N1.Cn1cc(-c2ccc(CN3C(=O)C(O)(C(F)(F)F)c4ccccc43)c(F)c2)cn1.Cn1cc(-c2ccc(CN3C(=O)C(O)(C(F)(F)F)c4ccccc43)cc2)cn1.Cn1cc(-c2ccc(CN3C(=O)C(O)(C(F)(F)F)c4ccccc43)cc2F)cn1. The topological polar surface area (TPSA) is 244 Å². The summed E-state index contributed by atoms with van der Waals surface area (Å²) in [6.07, 6.45) is -5.62. The number of aryl methyl sites for hydroxylation is 3. The Kier molecular flexibility index (Phi) is 25.1. The number of aromatic nitrogens is 7. The summed E-state index contributed by atoms with van der Waals surface area (Å²) in [5.41, 5.74) is -10.4. The average molecular weight is 1650 g/mol. The quantitative estimate of drug-likeness (QED) is 0.0659. The molecule has 21 nitrogen and oxygen atoms in total. The van der Waals surface area contributed by atoms with E-state index < -0.39 is 111 Å². The first-order valence-electron chi connectivity index (χ1n) is 34.2. The third-order valence-corrected chi connectivity index (χ3v) is 19.7. The van der Waals surface area contributed by atoms with Gasteiger partial charge in [-0.2, -0.15) is 68.0 Å². The lowest BCUT2D eigenvalue weighted by atomic mass is 9.95. The summed E-state index contributed by atoms with van der Waals surface area (Å²) in [6.45, 7) is -0.989. The number of hydrazone groups is 1. The fourth-order valence-corrected chi connectivity index (χ4v) is 13.8. The summed E-state index contributed by atoms with van der Waals surface area (Å²) in [5.74, 6) is -7.23. The number of hydrogen-bond donors (Lipinski definition) is 4. The van der Waals surface area contributed by atoms with Crippen molar-refractivity contribution in [3.8, 4) is 33.4 Å². The summed E-state index contributed by atoms with van der Waals surface area (Å²) in [6, 6.07) is 40.0. The lowest BCUT2D eigenvalue weighted by Crippen LogP contribution is -2.50. The van der Waals surface area contributed by atoms with E-state index in [1.807, 2.05) is 24.5 Å². The van der Waals surface area contributed by atoms with E-state index in [1.165, 1.54) is 114 Å². The minimum absolute atomic E-state index is 0. The van der Waals surface area contributed by atoms with Crippen LogP contribution in [0.2, 0.25) is 0 Å². The Morgan fingerprint density at radius 2 is 0.737 bits per heavy atom. The number of rotatable bonds is 12. The van der Waals surface area contributed by atoms with Gasteiger partial charge in [-0.05, 0) is 75.4 Å². The lowest BCUT2D eigenvalue weighted by molar-refractivity contribution is -0.494. The molecule has 0 bridgehead atoms. The van der Waals surface area contributed by atoms with Crippen LogP contribution in [-0.2, 0) is 88.9 Å². The first-order valence-corrected chi connectivity index (χ1v) is 34.2. The van der Waals surface area contributed by atoms with E-state index in [4.69, 9.17) is 0 Å². The van der Waals surface area contributed by atoms with Crippen LogP contribution < -0.4 is 19.6 Å². The Balaban J connectivity index is 0.000000177. The number of pyridine rings is 1. The fourth-order valence-electron chi connectivity index (χ4n) is 13.8. The van der Waals surface area contributed by atoms with Crippen molar-refractivity contribution in [3.05, 3.63) is 275 Å². The second kappa shape index (κ2) is 33.2. The molecule has 4 N–H and O–H groups in total. The molecule has 9 heterocycles. The molecule has 7 aromatic carbocycles. The molecule has 11 aromatic rings. The van der Waals surface area contributed by atoms with Gasteiger partial charge in [0.1, 0.15) is 17.6 Å². The van der Waals surface area contributed by atoms with Crippen LogP contribution in [0.25, 0.3) is 33.4 Å². The van der Waals surface area contributed by atoms with Crippen molar-refractivity contribution < 1.29 is 106 Å². The van der Waals surface area contributed by atoms with Gasteiger partial charge in [0.05, 0.1) is 79.4 Å². The molecular formula is C83H78F14N13O8+. The van der Waals surface area contributed by atoms with Gasteiger partial charge in [0.15, 0.2) is 13.3 Å². The highest BCUT2D eigenvalue weighted by atomic mass is 19.4. The summed E-state index contributed by atoms with van der Waals surface area (Å²) >= 11 is 0. The highest BCUT2D eigenvalue weighted by molar-refractivity contribution is 6.10. The number of nitrogens with zero attached hydrogens (tertiary/aromatic N) is 13. The molecule has 620 valence electrons. The normalized spacial score (nSPS) is 19.5. The van der Waals surface area contributed by atoms with Crippen molar-refractivity contribution in [2.45, 2.75) is 109 Å². The van der Waals surface area contributed by atoms with E-state index in [9.17, 15) is 101 Å². The van der Waals surface area contributed by atoms with Gasteiger partial charge < -0.3 is 40.0 Å². The van der Waals surface area contributed by atoms with E-state index in [1.54, 1.807) is 104 Å². The third kappa shape index (κ3) is 15.9. The Hall–Kier alpha value is -12.6. The summed E-state index contributed by atoms with van der Waals surface area (Å²) in [4.78, 5) is 58.1. The number of fused-ring (bicyclic) bond motifs is 4. The summed E-state index contributed by atoms with van der Waals surface area (Å²) in [5, 5.41) is 57.2. The van der Waals surface area contributed by atoms with Crippen LogP contribution in [0.5, 0.6) is 0 Å². The van der Waals surface area contributed by atoms with Gasteiger partial charge in [0.25, 0.3) is 46.0 Å². The zero-order valence-corrected chi connectivity index (χ0v) is 59.8. The van der Waals surface area contributed by atoms with E-state index >= 15 is 0 Å². The number of amides is 4. The fraction of sp³-hybridized carbons (Fsp3) is 0.253. The molecular weight excluding hydrogens is 1570 g/mol. The number of para-hydroxylation sites is 4. The maximum Gasteiger partial charge on any atom is 0.430 e. The van der Waals surface area contributed by atoms with Crippen molar-refractivity contribution in [3.63, 3.8) is 0 Å². The monoisotopic (exact) mass is 1650 g/mol. The van der Waals surface area contributed by atoms with E-state index in [0.717, 1.165) is 66.8 Å². The molecule has 0 saturated heterocycles. The molecule has 118 heavy (non-hydrogen) atoms. The van der Waals surface area contributed by atoms with Gasteiger partial charge >= 0.3 is 24.7 Å². The van der Waals surface area contributed by atoms with Crippen LogP contribution in [-0.4, -0.2) is 127 Å². The van der Waals surface area contributed by atoms with Gasteiger partial charge in [0, 0.05) is 96.0 Å². The maximum absolute atomic E-state index is 14.7. The van der Waals surface area contributed by atoms with Gasteiger partial charge in [-0.25, -0.2) is 8.78 Å². The second-order valence-electron chi connectivity index (χ2n) is 27.1. The Morgan fingerprint density at radius 3 is 1.08 bits per heavy atom. The van der Waals surface area contributed by atoms with Crippen LogP contribution in [0.4, 0.5) is 84.2 Å². The summed E-state index contributed by atoms with van der Waals surface area (Å²) in [7, 11) is 7.00. The molecule has 5 aliphatic rings. The van der Waals surface area contributed by atoms with Gasteiger partial charge in [0.2, 0.25) is 0 Å². The van der Waals surface area contributed by atoms with Gasteiger partial charge in [-0.3, -0.25) is 38.2 Å². The van der Waals surface area contributed by atoms with Crippen molar-refractivity contribution in [2.24, 2.45) is 26.2 Å². The Morgan fingerprint density at radius 1 is 0.390 bits per heavy atom. The molecule has 5 atom stereocenters. The van der Waals surface area contributed by atoms with Crippen molar-refractivity contribution in [1.82, 2.24) is 34.3 Å². The second-order valence-corrected chi connectivity index (χ2v) is 27.1. The molecule has 4 aromatic heterocycles. The smallest absolute Gasteiger partial charge is 0.368 e. The molecule has 4 amide bonds. The molecule has 5 aliphatic heterocycles. The number of aliphatic hydroxyl groups is 4. The standard InChI is InChI=1S/2C20H15F4N3O2.C20H16F3N3O2.C19H16F3N4O2.4CH4/c1-26-10-14(9-25-26)12-6-7-13(16(21)8-12)11-27-17-5-3-2-4-15(17)19(29,18(27)28)20(22,23)24;1-26-11-13(9-25-26)14-7-6-12(8-16(14)21)10-27-17-5-3-2-4-15(17)19(29,18(27)28)20(22,23)24;1-25-12-15(10-24-25)14-8-6-13(7-9-14)11-26-17-5-3-2-4-16(17)19(28,18(26)27)20(21,22)23;1-25-11-13(9-24-25)15-7-6-12(8-23-15)10-26-16-5-3-2-4-14(16)18(28,17(26)27)19(20,21)22;;;;/h2-10,29H,11H2,1H3;2-9,11,29H,10H2,1H3;2-10,12,28H,11H2,1H3;2-9,11,13,28H,10H2,1H3;4*1H4/q;;;+1;;;;. The van der Waals surface area contributed by atoms with Gasteiger partial charge in [-0.1, -0.05) is 162 Å². The van der Waals surface area contributed by atoms with E-state index in [0.29, 0.717) is 27.8 Å². The molecule has 0 spiro atoms. The van der Waals surface area contributed by atoms with Crippen LogP contribution in [0.3, 0.4) is 0 Å². The number of hydrogen-bond acceptors (Lipinski definition) is 13. The van der Waals surface area contributed by atoms with Crippen molar-refractivity contribution in [2.75, 3.05) is 26.6 Å². The number of carbonyl (C=O) groups excluding carboxylic acids is 4. The Labute approximate surface area is 666 Å². The predicted octanol–water partition coefficient (Wildman–Crippen LogP) is 15.1. The molecule has 16 rings (SSSR count). The number of benzene rings is 7. The minimum Gasteiger partial charge on any atom is -0.368 e. The molecule has 0 aliphatic carbocycles. The van der Waals surface area contributed by atoms with Crippen LogP contribution in [0.1, 0.15) is 85.8 Å². The minimum atomic E-state index is -5.21. The number of carbonyl (C=O) groups is 4. The van der Waals surface area contributed by atoms with E-state index in [-0.39, 0.29) is 94.7 Å². The lowest BCUT2D eigenvalue weighted by Gasteiger charge is -2.25. The van der Waals surface area contributed by atoms with Crippen LogP contribution in [0.15, 0.2) is 218 Å². The maximum atomic E-state index is 14.7. The van der Waals surface area contributed by atoms with Gasteiger partial charge in [-0.15, -0.1) is 0 Å². The zero-order valence-electron chi connectivity index (χ0n) is 59.8. The molecule has 0 saturated carbocycles. The highest BCUT2D eigenvalue weighted by Crippen LogP contribution is 2.54. The Bertz CT molecular complexity index is 5630. The molecule has 5 unspecified atom stereocenters. The number of alkyl halides is 12. The number of halogens is 14. The predicted molar refractivity (Wildman–Crippen MR) is 411 cm³/mol. The third-order valence-electron chi connectivity index (χ3n) is 19.7. The van der Waals surface area contributed by atoms with E-state index in [2.05, 4.69) is 25.4 Å². The zero-order chi connectivity index (χ0) is 82.2. The average Bonchev–Trinajstić information content (AvgIpc) is 1.58. The van der Waals surface area contributed by atoms with Crippen molar-refractivity contribution >= 4 is 58.8 Å². The molecule has 0 radical (unpaired) electrons. The number of anilines is 4. The first-order chi connectivity index (χ1) is 53.7. The largest absolute Gasteiger partial charge is 0.430 e. The van der Waals surface area contributed by atoms with Crippen LogP contribution >= 0.6 is 0 Å². The molecule has 0 fully saturated rings. The van der Waals surface area contributed by atoms with Crippen LogP contribution in [0, 0.1) is 11.6 Å². The van der Waals surface area contributed by atoms with Crippen molar-refractivity contribution in [1.29, 1.82) is 0 Å².